The number of benzene rings is 3. The number of nitrogens with zero attached hydrogens (tertiary/aromatic N) is 1. The number of nitrogens with one attached hydrogen (secondary N) is 1. The maximum Gasteiger partial charge on any atom is 0.259 e. The van der Waals surface area contributed by atoms with Crippen LogP contribution < -0.4 is 10.2 Å². The largest absolute Gasteiger partial charge is 0.324 e. The van der Waals surface area contributed by atoms with Crippen molar-refractivity contribution in [2.75, 3.05) is 10.2 Å². The first kappa shape index (κ1) is 15.1. The molecule has 3 aromatic rings. The quantitative estimate of drug-likeness (QED) is 0.789. The van der Waals surface area contributed by atoms with Gasteiger partial charge in [-0.3, -0.25) is 14.5 Å². The molecule has 0 spiro atoms. The Bertz CT molecular complexity index is 923. The third kappa shape index (κ3) is 2.68. The SMILES string of the molecule is O=C(Nc1ccccc1)C1c2ccccc2C(=O)N1c1ccccc1. The summed E-state index contributed by atoms with van der Waals surface area (Å²) in [6.07, 6.45) is 0. The van der Waals surface area contributed by atoms with Gasteiger partial charge in [-0.2, -0.15) is 0 Å². The van der Waals surface area contributed by atoms with Crippen LogP contribution in [0.15, 0.2) is 84.9 Å². The Morgan fingerprint density at radius 3 is 2.12 bits per heavy atom. The molecule has 4 heteroatoms. The van der Waals surface area contributed by atoms with E-state index >= 15 is 0 Å². The lowest BCUT2D eigenvalue weighted by Gasteiger charge is -2.24. The summed E-state index contributed by atoms with van der Waals surface area (Å²) in [7, 11) is 0. The van der Waals surface area contributed by atoms with Crippen LogP contribution in [-0.4, -0.2) is 11.8 Å². The summed E-state index contributed by atoms with van der Waals surface area (Å²) in [5.41, 5.74) is 2.71. The Labute approximate surface area is 145 Å². The number of carbonyl (C=O) groups excluding carboxylic acids is 2. The fourth-order valence-electron chi connectivity index (χ4n) is 3.16. The molecule has 25 heavy (non-hydrogen) atoms. The van der Waals surface area contributed by atoms with E-state index in [1.165, 1.54) is 0 Å². The molecule has 4 nitrogen and oxygen atoms in total. The third-order valence-electron chi connectivity index (χ3n) is 4.29. The lowest BCUT2D eigenvalue weighted by Crippen LogP contribution is -2.35. The van der Waals surface area contributed by atoms with Crippen LogP contribution in [0.5, 0.6) is 0 Å². The van der Waals surface area contributed by atoms with E-state index in [4.69, 9.17) is 0 Å². The highest BCUT2D eigenvalue weighted by molar-refractivity contribution is 6.17. The number of amides is 2. The molecular weight excluding hydrogens is 312 g/mol. The predicted octanol–water partition coefficient (Wildman–Crippen LogP) is 4.03. The Kier molecular flexibility index (Phi) is 3.78. The molecule has 0 saturated carbocycles. The summed E-state index contributed by atoms with van der Waals surface area (Å²) in [6, 6.07) is 25.1. The van der Waals surface area contributed by atoms with Gasteiger partial charge < -0.3 is 5.32 Å². The van der Waals surface area contributed by atoms with E-state index in [9.17, 15) is 9.59 Å². The Balaban J connectivity index is 1.76. The maximum atomic E-state index is 13.0. The molecule has 0 bridgehead atoms. The zero-order chi connectivity index (χ0) is 17.2. The average Bonchev–Trinajstić information content (AvgIpc) is 2.96. The molecule has 1 unspecified atom stereocenters. The van der Waals surface area contributed by atoms with Crippen LogP contribution in [0.25, 0.3) is 0 Å². The van der Waals surface area contributed by atoms with E-state index in [0.29, 0.717) is 16.9 Å². The highest BCUT2D eigenvalue weighted by Crippen LogP contribution is 2.38. The molecule has 0 radical (unpaired) electrons. The number of anilines is 2. The molecule has 1 atom stereocenters. The molecule has 4 rings (SSSR count). The monoisotopic (exact) mass is 328 g/mol. The molecule has 1 heterocycles. The zero-order valence-corrected chi connectivity index (χ0v) is 13.4. The summed E-state index contributed by atoms with van der Waals surface area (Å²) in [4.78, 5) is 27.5. The van der Waals surface area contributed by atoms with Gasteiger partial charge in [0.25, 0.3) is 11.8 Å². The summed E-state index contributed by atoms with van der Waals surface area (Å²) in [5.74, 6) is -0.386. The van der Waals surface area contributed by atoms with Crippen LogP contribution in [0.4, 0.5) is 11.4 Å². The first-order valence-electron chi connectivity index (χ1n) is 8.09. The Morgan fingerprint density at radius 1 is 0.800 bits per heavy atom. The second-order valence-corrected chi connectivity index (χ2v) is 5.86. The van der Waals surface area contributed by atoms with Crippen molar-refractivity contribution in [1.29, 1.82) is 0 Å². The molecule has 1 aliphatic rings. The topological polar surface area (TPSA) is 49.4 Å². The normalized spacial score (nSPS) is 15.8. The van der Waals surface area contributed by atoms with Crippen molar-refractivity contribution in [3.05, 3.63) is 96.1 Å². The molecule has 0 saturated heterocycles. The highest BCUT2D eigenvalue weighted by atomic mass is 16.2. The number of fused-ring (bicyclic) bond motifs is 1. The number of carbonyl (C=O) groups is 2. The van der Waals surface area contributed by atoms with Crippen molar-refractivity contribution in [3.63, 3.8) is 0 Å². The number of hydrogen-bond acceptors (Lipinski definition) is 2. The van der Waals surface area contributed by atoms with Gasteiger partial charge >= 0.3 is 0 Å². The molecule has 2 amide bonds. The van der Waals surface area contributed by atoms with E-state index in [-0.39, 0.29) is 11.8 Å². The minimum absolute atomic E-state index is 0.157. The van der Waals surface area contributed by atoms with Gasteiger partial charge in [0.2, 0.25) is 0 Å². The van der Waals surface area contributed by atoms with Crippen molar-refractivity contribution < 1.29 is 9.59 Å². The van der Waals surface area contributed by atoms with Gasteiger partial charge in [0.1, 0.15) is 6.04 Å². The standard InChI is InChI=1S/C21H16N2O2/c24-20(22-15-9-3-1-4-10-15)19-17-13-7-8-14-18(17)21(25)23(19)16-11-5-2-6-12-16/h1-14,19H,(H,22,24). The van der Waals surface area contributed by atoms with Crippen molar-refractivity contribution >= 4 is 23.2 Å². The van der Waals surface area contributed by atoms with E-state index in [2.05, 4.69) is 5.32 Å². The first-order valence-corrected chi connectivity index (χ1v) is 8.09. The molecule has 0 aromatic heterocycles. The van der Waals surface area contributed by atoms with E-state index in [1.54, 1.807) is 11.0 Å². The summed E-state index contributed by atoms with van der Waals surface area (Å²) in [5, 5.41) is 2.91. The molecule has 122 valence electrons. The number of para-hydroxylation sites is 2. The van der Waals surface area contributed by atoms with Gasteiger partial charge in [0.05, 0.1) is 0 Å². The second kappa shape index (κ2) is 6.24. The molecule has 1 N–H and O–H groups in total. The van der Waals surface area contributed by atoms with Crippen molar-refractivity contribution in [3.8, 4) is 0 Å². The van der Waals surface area contributed by atoms with Crippen LogP contribution in [0.1, 0.15) is 22.0 Å². The van der Waals surface area contributed by atoms with Crippen LogP contribution in [0.3, 0.4) is 0 Å². The van der Waals surface area contributed by atoms with Crippen LogP contribution >= 0.6 is 0 Å². The van der Waals surface area contributed by atoms with Crippen molar-refractivity contribution in [1.82, 2.24) is 0 Å². The Hall–Kier alpha value is -3.40. The van der Waals surface area contributed by atoms with Gasteiger partial charge in [0.15, 0.2) is 0 Å². The third-order valence-corrected chi connectivity index (χ3v) is 4.29. The lowest BCUT2D eigenvalue weighted by atomic mass is 10.0. The fourth-order valence-corrected chi connectivity index (χ4v) is 3.16. The summed E-state index contributed by atoms with van der Waals surface area (Å²) in [6.45, 7) is 0. The number of rotatable bonds is 3. The van der Waals surface area contributed by atoms with E-state index in [0.717, 1.165) is 5.56 Å². The lowest BCUT2D eigenvalue weighted by molar-refractivity contribution is -0.117. The van der Waals surface area contributed by atoms with E-state index < -0.39 is 6.04 Å². The first-order chi connectivity index (χ1) is 12.3. The smallest absolute Gasteiger partial charge is 0.259 e. The van der Waals surface area contributed by atoms with Gasteiger partial charge in [-0.1, -0.05) is 54.6 Å². The van der Waals surface area contributed by atoms with Gasteiger partial charge in [0, 0.05) is 16.9 Å². The number of hydrogen-bond donors (Lipinski definition) is 1. The minimum Gasteiger partial charge on any atom is -0.324 e. The predicted molar refractivity (Wildman–Crippen MR) is 97.5 cm³/mol. The molecule has 0 fully saturated rings. The van der Waals surface area contributed by atoms with Crippen molar-refractivity contribution in [2.24, 2.45) is 0 Å². The van der Waals surface area contributed by atoms with Crippen molar-refractivity contribution in [2.45, 2.75) is 6.04 Å². The fraction of sp³-hybridized carbons (Fsp3) is 0.0476. The molecule has 0 aliphatic carbocycles. The van der Waals surface area contributed by atoms with Gasteiger partial charge in [-0.25, -0.2) is 0 Å². The molecule has 3 aromatic carbocycles. The Morgan fingerprint density at radius 2 is 1.40 bits per heavy atom. The second-order valence-electron chi connectivity index (χ2n) is 5.86. The van der Waals surface area contributed by atoms with Crippen LogP contribution in [-0.2, 0) is 4.79 Å². The molecular formula is C21H16N2O2. The summed E-state index contributed by atoms with van der Waals surface area (Å²) < 4.78 is 0. The highest BCUT2D eigenvalue weighted by Gasteiger charge is 2.41. The zero-order valence-electron chi connectivity index (χ0n) is 13.4. The average molecular weight is 328 g/mol. The minimum atomic E-state index is -0.689. The van der Waals surface area contributed by atoms with Crippen LogP contribution in [0.2, 0.25) is 0 Å². The van der Waals surface area contributed by atoms with Crippen LogP contribution in [0, 0.1) is 0 Å². The van der Waals surface area contributed by atoms with Gasteiger partial charge in [-0.15, -0.1) is 0 Å². The molecule has 1 aliphatic heterocycles. The van der Waals surface area contributed by atoms with Gasteiger partial charge in [-0.05, 0) is 35.9 Å². The summed E-state index contributed by atoms with van der Waals surface area (Å²) >= 11 is 0. The van der Waals surface area contributed by atoms with E-state index in [1.807, 2.05) is 78.9 Å². The maximum absolute atomic E-state index is 13.0.